The molecule has 1 rings (SSSR count). The minimum absolute atomic E-state index is 0.168. The van der Waals surface area contributed by atoms with Crippen LogP contribution in [0.2, 0.25) is 5.02 Å². The molecule has 14 heavy (non-hydrogen) atoms. The van der Waals surface area contributed by atoms with Gasteiger partial charge in [-0.1, -0.05) is 11.6 Å². The summed E-state index contributed by atoms with van der Waals surface area (Å²) >= 11 is 5.80. The van der Waals surface area contributed by atoms with Gasteiger partial charge in [-0.3, -0.25) is 0 Å². The Kier molecular flexibility index (Phi) is 4.13. The van der Waals surface area contributed by atoms with Crippen molar-refractivity contribution in [3.05, 3.63) is 28.5 Å². The summed E-state index contributed by atoms with van der Waals surface area (Å²) < 4.78 is 18.4. The normalized spacial score (nSPS) is 10.3. The zero-order chi connectivity index (χ0) is 10.6. The van der Waals surface area contributed by atoms with E-state index in [1.165, 1.54) is 13.2 Å². The summed E-state index contributed by atoms with van der Waals surface area (Å²) in [7, 11) is 1.40. The highest BCUT2D eigenvalue weighted by Gasteiger charge is 2.12. The van der Waals surface area contributed by atoms with E-state index in [1.54, 1.807) is 6.07 Å². The van der Waals surface area contributed by atoms with Crippen LogP contribution in [-0.4, -0.2) is 13.7 Å². The van der Waals surface area contributed by atoms with Crippen LogP contribution in [0.25, 0.3) is 0 Å². The van der Waals surface area contributed by atoms with Crippen molar-refractivity contribution in [3.8, 4) is 5.75 Å². The van der Waals surface area contributed by atoms with Gasteiger partial charge >= 0.3 is 0 Å². The number of halogens is 2. The fourth-order valence-corrected chi connectivity index (χ4v) is 1.36. The molecule has 0 aromatic heterocycles. The molecule has 0 saturated carbocycles. The molecule has 0 bridgehead atoms. The topological polar surface area (TPSA) is 44.5 Å². The average molecular weight is 220 g/mol. The van der Waals surface area contributed by atoms with Gasteiger partial charge in [0, 0.05) is 17.0 Å². The molecule has 1 aromatic rings. The summed E-state index contributed by atoms with van der Waals surface area (Å²) in [5.74, 6) is 4.56. The third kappa shape index (κ3) is 2.35. The number of benzene rings is 1. The minimum atomic E-state index is -0.461. The van der Waals surface area contributed by atoms with Crippen LogP contribution in [-0.2, 0) is 11.3 Å². The fraction of sp³-hybridized carbons (Fsp3) is 0.333. The molecule has 0 heterocycles. The molecule has 5 heteroatoms. The molecule has 0 atom stereocenters. The lowest BCUT2D eigenvalue weighted by Crippen LogP contribution is -2.06. The van der Waals surface area contributed by atoms with E-state index in [2.05, 4.69) is 4.84 Å². The van der Waals surface area contributed by atoms with Crippen molar-refractivity contribution >= 4 is 11.6 Å². The molecular formula is C9H11ClFNO2. The molecule has 3 nitrogen and oxygen atoms in total. The molecular weight excluding hydrogens is 209 g/mol. The highest BCUT2D eigenvalue weighted by Crippen LogP contribution is 2.27. The van der Waals surface area contributed by atoms with Gasteiger partial charge in [-0.25, -0.2) is 10.3 Å². The number of ether oxygens (including phenoxy) is 1. The van der Waals surface area contributed by atoms with Crippen LogP contribution in [0.4, 0.5) is 4.39 Å². The maximum atomic E-state index is 13.6. The van der Waals surface area contributed by atoms with Crippen LogP contribution < -0.4 is 10.6 Å². The predicted molar refractivity (Wildman–Crippen MR) is 51.8 cm³/mol. The predicted octanol–water partition coefficient (Wildman–Crippen LogP) is 1.92. The molecule has 78 valence electrons. The van der Waals surface area contributed by atoms with E-state index in [0.717, 1.165) is 0 Å². The van der Waals surface area contributed by atoms with Crippen LogP contribution in [0.15, 0.2) is 12.1 Å². The monoisotopic (exact) mass is 219 g/mol. The first kappa shape index (κ1) is 11.2. The van der Waals surface area contributed by atoms with E-state index in [-0.39, 0.29) is 12.4 Å². The van der Waals surface area contributed by atoms with Crippen molar-refractivity contribution in [2.45, 2.75) is 6.42 Å². The summed E-state index contributed by atoms with van der Waals surface area (Å²) in [6.07, 6.45) is 0.318. The zero-order valence-corrected chi connectivity index (χ0v) is 8.47. The maximum Gasteiger partial charge on any atom is 0.169 e. The Hall–Kier alpha value is -0.840. The first-order valence-corrected chi connectivity index (χ1v) is 4.41. The fourth-order valence-electron chi connectivity index (χ4n) is 1.12. The van der Waals surface area contributed by atoms with Crippen LogP contribution in [0.5, 0.6) is 5.75 Å². The molecule has 0 saturated heterocycles. The Balaban J connectivity index is 2.99. The third-order valence-corrected chi connectivity index (χ3v) is 2.19. The highest BCUT2D eigenvalue weighted by atomic mass is 35.5. The first-order chi connectivity index (χ1) is 6.70. The van der Waals surface area contributed by atoms with E-state index >= 15 is 0 Å². The Morgan fingerprint density at radius 2 is 2.21 bits per heavy atom. The van der Waals surface area contributed by atoms with E-state index in [0.29, 0.717) is 17.0 Å². The van der Waals surface area contributed by atoms with Gasteiger partial charge in [-0.05, 0) is 12.1 Å². The lowest BCUT2D eigenvalue weighted by molar-refractivity contribution is 0.140. The van der Waals surface area contributed by atoms with Crippen LogP contribution >= 0.6 is 11.6 Å². The number of hydrogen-bond donors (Lipinski definition) is 1. The zero-order valence-electron chi connectivity index (χ0n) is 7.72. The standard InChI is InChI=1S/C9H11ClFNO2/c1-13-8-3-2-7(10)6(9(8)11)4-5-14-12/h2-3H,4-5,12H2,1H3. The molecule has 2 N–H and O–H groups in total. The summed E-state index contributed by atoms with van der Waals surface area (Å²) in [6.45, 7) is 0.212. The number of hydrogen-bond acceptors (Lipinski definition) is 3. The van der Waals surface area contributed by atoms with Crippen molar-refractivity contribution in [2.24, 2.45) is 5.90 Å². The summed E-state index contributed by atoms with van der Waals surface area (Å²) in [6, 6.07) is 3.06. The second-order valence-corrected chi connectivity index (χ2v) is 3.07. The van der Waals surface area contributed by atoms with Crippen molar-refractivity contribution in [3.63, 3.8) is 0 Å². The number of methoxy groups -OCH3 is 1. The molecule has 0 aliphatic heterocycles. The lowest BCUT2D eigenvalue weighted by atomic mass is 10.1. The Bertz CT molecular complexity index is 320. The molecule has 0 amide bonds. The average Bonchev–Trinajstić information content (AvgIpc) is 2.18. The van der Waals surface area contributed by atoms with E-state index in [9.17, 15) is 4.39 Å². The van der Waals surface area contributed by atoms with Gasteiger partial charge < -0.3 is 9.57 Å². The second-order valence-electron chi connectivity index (χ2n) is 2.66. The maximum absolute atomic E-state index is 13.6. The van der Waals surface area contributed by atoms with Gasteiger partial charge in [-0.2, -0.15) is 0 Å². The first-order valence-electron chi connectivity index (χ1n) is 4.03. The van der Waals surface area contributed by atoms with Crippen molar-refractivity contribution in [1.82, 2.24) is 0 Å². The van der Waals surface area contributed by atoms with Crippen LogP contribution in [0, 0.1) is 5.82 Å². The summed E-state index contributed by atoms with van der Waals surface area (Å²) in [5, 5.41) is 0.348. The quantitative estimate of drug-likeness (QED) is 0.787. The molecule has 0 spiro atoms. The molecule has 0 unspecified atom stereocenters. The van der Waals surface area contributed by atoms with Gasteiger partial charge in [0.1, 0.15) is 0 Å². The molecule has 0 aliphatic rings. The van der Waals surface area contributed by atoms with Crippen molar-refractivity contribution < 1.29 is 14.0 Å². The van der Waals surface area contributed by atoms with Crippen LogP contribution in [0.1, 0.15) is 5.56 Å². The molecule has 0 aliphatic carbocycles. The highest BCUT2D eigenvalue weighted by molar-refractivity contribution is 6.31. The summed E-state index contributed by atoms with van der Waals surface area (Å²) in [4.78, 5) is 4.36. The lowest BCUT2D eigenvalue weighted by Gasteiger charge is -2.08. The molecule has 0 radical (unpaired) electrons. The van der Waals surface area contributed by atoms with Gasteiger partial charge in [0.2, 0.25) is 0 Å². The van der Waals surface area contributed by atoms with E-state index in [4.69, 9.17) is 22.2 Å². The van der Waals surface area contributed by atoms with Gasteiger partial charge in [0.15, 0.2) is 11.6 Å². The number of nitrogens with two attached hydrogens (primary N) is 1. The Labute approximate surface area is 86.5 Å². The number of rotatable bonds is 4. The summed E-state index contributed by atoms with van der Waals surface area (Å²) in [5.41, 5.74) is 0.358. The van der Waals surface area contributed by atoms with E-state index < -0.39 is 5.82 Å². The van der Waals surface area contributed by atoms with E-state index in [1.807, 2.05) is 0 Å². The molecule has 1 aromatic carbocycles. The minimum Gasteiger partial charge on any atom is -0.494 e. The molecule has 0 fully saturated rings. The van der Waals surface area contributed by atoms with Crippen molar-refractivity contribution in [2.75, 3.05) is 13.7 Å². The Morgan fingerprint density at radius 3 is 2.79 bits per heavy atom. The third-order valence-electron chi connectivity index (χ3n) is 1.84. The van der Waals surface area contributed by atoms with Gasteiger partial charge in [-0.15, -0.1) is 0 Å². The van der Waals surface area contributed by atoms with Gasteiger partial charge in [0.05, 0.1) is 13.7 Å². The van der Waals surface area contributed by atoms with Crippen LogP contribution in [0.3, 0.4) is 0 Å². The van der Waals surface area contributed by atoms with Gasteiger partial charge in [0.25, 0.3) is 0 Å². The second kappa shape index (κ2) is 5.14. The SMILES string of the molecule is COc1ccc(Cl)c(CCON)c1F. The van der Waals surface area contributed by atoms with Crippen molar-refractivity contribution in [1.29, 1.82) is 0 Å². The Morgan fingerprint density at radius 1 is 1.50 bits per heavy atom. The largest absolute Gasteiger partial charge is 0.494 e. The smallest absolute Gasteiger partial charge is 0.169 e.